The van der Waals surface area contributed by atoms with Gasteiger partial charge in [-0.3, -0.25) is 9.59 Å². The number of hydrogen-bond acceptors (Lipinski definition) is 9. The first kappa shape index (κ1) is 45.8. The van der Waals surface area contributed by atoms with Crippen LogP contribution in [0.2, 0.25) is 0 Å². The molecule has 0 radical (unpaired) electrons. The van der Waals surface area contributed by atoms with Gasteiger partial charge in [-0.2, -0.15) is 0 Å². The van der Waals surface area contributed by atoms with E-state index in [-0.39, 0.29) is 38.2 Å². The zero-order valence-electron chi connectivity index (χ0n) is 31.6. The van der Waals surface area contributed by atoms with E-state index in [0.717, 1.165) is 38.5 Å². The molecule has 1 rings (SSSR count). The molecule has 290 valence electrons. The Morgan fingerprint density at radius 1 is 0.551 bits per heavy atom. The van der Waals surface area contributed by atoms with Crippen LogP contribution in [-0.2, 0) is 28.5 Å². The Labute approximate surface area is 299 Å². The topological polar surface area (TPSA) is 132 Å². The third kappa shape index (κ3) is 26.2. The molecule has 0 spiro atoms. The second kappa shape index (κ2) is 32.6. The maximum Gasteiger partial charge on any atom is 0.306 e. The van der Waals surface area contributed by atoms with Gasteiger partial charge in [0.1, 0.15) is 24.9 Å². The Morgan fingerprint density at radius 2 is 0.939 bits per heavy atom. The number of ether oxygens (including phenoxy) is 4. The van der Waals surface area contributed by atoms with E-state index >= 15 is 0 Å². The molecule has 1 heterocycles. The summed E-state index contributed by atoms with van der Waals surface area (Å²) in [5.74, 6) is -0.724. The van der Waals surface area contributed by atoms with Crippen molar-refractivity contribution in [2.24, 2.45) is 0 Å². The van der Waals surface area contributed by atoms with Gasteiger partial charge in [-0.05, 0) is 12.8 Å². The Bertz CT molecular complexity index is 764. The van der Waals surface area contributed by atoms with Crippen LogP contribution in [0.5, 0.6) is 0 Å². The van der Waals surface area contributed by atoms with Gasteiger partial charge < -0.3 is 34.3 Å². The summed E-state index contributed by atoms with van der Waals surface area (Å²) >= 11 is 0. The van der Waals surface area contributed by atoms with Crippen LogP contribution < -0.4 is 0 Å². The Hall–Kier alpha value is -1.26. The summed E-state index contributed by atoms with van der Waals surface area (Å²) in [6, 6.07) is 0. The van der Waals surface area contributed by atoms with Crippen molar-refractivity contribution in [2.45, 2.75) is 224 Å². The summed E-state index contributed by atoms with van der Waals surface area (Å²) < 4.78 is 22.0. The highest BCUT2D eigenvalue weighted by molar-refractivity contribution is 5.70. The summed E-state index contributed by atoms with van der Waals surface area (Å²) in [6.45, 7) is 3.97. The molecular formula is C40H76O9. The number of carbonyl (C=O) groups excluding carboxylic acids is 2. The fourth-order valence-corrected chi connectivity index (χ4v) is 6.32. The van der Waals surface area contributed by atoms with Crippen molar-refractivity contribution < 1.29 is 43.9 Å². The molecule has 1 aliphatic rings. The maximum absolute atomic E-state index is 12.6. The minimum atomic E-state index is -1.45. The predicted octanol–water partition coefficient (Wildman–Crippen LogP) is 8.86. The lowest BCUT2D eigenvalue weighted by molar-refractivity contribution is -0.275. The van der Waals surface area contributed by atoms with Crippen LogP contribution in [-0.4, -0.2) is 77.8 Å². The lowest BCUT2D eigenvalue weighted by Crippen LogP contribution is -2.54. The van der Waals surface area contributed by atoms with Crippen LogP contribution >= 0.6 is 0 Å². The number of hydrogen-bond donors (Lipinski definition) is 3. The summed E-state index contributed by atoms with van der Waals surface area (Å²) in [6.07, 6.45) is 26.3. The second-order valence-electron chi connectivity index (χ2n) is 14.4. The lowest BCUT2D eigenvalue weighted by Gasteiger charge is -2.35. The molecule has 0 bridgehead atoms. The number of rotatable bonds is 34. The number of aliphatic hydroxyl groups is 3. The fraction of sp³-hybridized carbons (Fsp3) is 0.950. The van der Waals surface area contributed by atoms with Gasteiger partial charge in [0.2, 0.25) is 0 Å². The highest BCUT2D eigenvalue weighted by Crippen LogP contribution is 2.18. The minimum absolute atomic E-state index is 0.157. The monoisotopic (exact) mass is 701 g/mol. The van der Waals surface area contributed by atoms with E-state index in [2.05, 4.69) is 13.8 Å². The number of aliphatic hydroxyl groups excluding tert-OH is 3. The predicted molar refractivity (Wildman–Crippen MR) is 195 cm³/mol. The average molecular weight is 701 g/mol. The maximum atomic E-state index is 12.6. The first-order chi connectivity index (χ1) is 23.9. The first-order valence-corrected chi connectivity index (χ1v) is 20.5. The highest BCUT2D eigenvalue weighted by Gasteiger charge is 2.38. The van der Waals surface area contributed by atoms with E-state index in [9.17, 15) is 24.9 Å². The SMILES string of the molecule is CCCCCCCCCCCCCCCC(=O)OC[C@H](CO[C@@H]1OC[C@@H](O)[C@H](O)[C@H]1O)OC(=O)CCCCCCCCCCCCCCC. The molecule has 0 aromatic rings. The van der Waals surface area contributed by atoms with Crippen molar-refractivity contribution in [3.63, 3.8) is 0 Å². The van der Waals surface area contributed by atoms with Gasteiger partial charge in [-0.15, -0.1) is 0 Å². The largest absolute Gasteiger partial charge is 0.462 e. The molecule has 0 saturated carbocycles. The standard InChI is InChI=1S/C40H76O9/c1-3-5-7-9-11-13-15-17-19-21-23-25-27-29-36(42)46-31-34(32-47-40-39(45)38(44)35(41)33-48-40)49-37(43)30-28-26-24-22-20-18-16-14-12-10-8-6-4-2/h34-35,38-41,44-45H,3-33H2,1-2H3/t34-,35-,38+,39-,40-/m1/s1. The molecule has 0 amide bonds. The van der Waals surface area contributed by atoms with Crippen LogP contribution in [0.3, 0.4) is 0 Å². The Kier molecular flexibility index (Phi) is 30.5. The van der Waals surface area contributed by atoms with E-state index in [1.807, 2.05) is 0 Å². The molecule has 9 nitrogen and oxygen atoms in total. The molecule has 49 heavy (non-hydrogen) atoms. The zero-order chi connectivity index (χ0) is 35.8. The van der Waals surface area contributed by atoms with Gasteiger partial charge in [0.25, 0.3) is 0 Å². The van der Waals surface area contributed by atoms with Gasteiger partial charge in [-0.25, -0.2) is 0 Å². The fourth-order valence-electron chi connectivity index (χ4n) is 6.32. The molecule has 9 heteroatoms. The van der Waals surface area contributed by atoms with Gasteiger partial charge in [0.05, 0.1) is 13.2 Å². The lowest BCUT2D eigenvalue weighted by atomic mass is 10.0. The van der Waals surface area contributed by atoms with Crippen molar-refractivity contribution in [3.05, 3.63) is 0 Å². The summed E-state index contributed by atoms with van der Waals surface area (Å²) in [5, 5.41) is 29.9. The molecule has 0 aliphatic carbocycles. The summed E-state index contributed by atoms with van der Waals surface area (Å²) in [4.78, 5) is 25.1. The van der Waals surface area contributed by atoms with Gasteiger partial charge >= 0.3 is 11.9 Å². The first-order valence-electron chi connectivity index (χ1n) is 20.5. The second-order valence-corrected chi connectivity index (χ2v) is 14.4. The molecule has 0 aromatic heterocycles. The molecule has 5 atom stereocenters. The quantitative estimate of drug-likeness (QED) is 0.0445. The number of unbranched alkanes of at least 4 members (excludes halogenated alkanes) is 24. The summed E-state index contributed by atoms with van der Waals surface area (Å²) in [7, 11) is 0. The molecule has 1 aliphatic heterocycles. The van der Waals surface area contributed by atoms with Gasteiger partial charge in [-0.1, -0.05) is 168 Å². The summed E-state index contributed by atoms with van der Waals surface area (Å²) in [5.41, 5.74) is 0. The molecule has 1 saturated heterocycles. The highest BCUT2D eigenvalue weighted by atomic mass is 16.7. The van der Waals surface area contributed by atoms with Gasteiger partial charge in [0.15, 0.2) is 12.4 Å². The van der Waals surface area contributed by atoms with E-state index in [4.69, 9.17) is 18.9 Å². The van der Waals surface area contributed by atoms with Crippen molar-refractivity contribution >= 4 is 11.9 Å². The molecule has 0 unspecified atom stereocenters. The average Bonchev–Trinajstić information content (AvgIpc) is 3.09. The van der Waals surface area contributed by atoms with Crippen LogP contribution in [0.4, 0.5) is 0 Å². The van der Waals surface area contributed by atoms with E-state index in [1.165, 1.54) is 128 Å². The molecule has 3 N–H and O–H groups in total. The molecular weight excluding hydrogens is 624 g/mol. The third-order valence-electron chi connectivity index (χ3n) is 9.60. The van der Waals surface area contributed by atoms with Crippen molar-refractivity contribution in [2.75, 3.05) is 19.8 Å². The number of esters is 2. The third-order valence-corrected chi connectivity index (χ3v) is 9.60. The van der Waals surface area contributed by atoms with E-state index in [1.54, 1.807) is 0 Å². The van der Waals surface area contributed by atoms with Crippen LogP contribution in [0.1, 0.15) is 194 Å². The van der Waals surface area contributed by atoms with E-state index < -0.39 is 30.7 Å². The normalized spacial score (nSPS) is 19.9. The van der Waals surface area contributed by atoms with Crippen LogP contribution in [0.15, 0.2) is 0 Å². The van der Waals surface area contributed by atoms with E-state index in [0.29, 0.717) is 6.42 Å². The molecule has 0 aromatic carbocycles. The Balaban J connectivity index is 2.26. The van der Waals surface area contributed by atoms with Crippen LogP contribution in [0, 0.1) is 0 Å². The van der Waals surface area contributed by atoms with Gasteiger partial charge in [0, 0.05) is 12.8 Å². The van der Waals surface area contributed by atoms with Crippen molar-refractivity contribution in [1.29, 1.82) is 0 Å². The molecule has 1 fully saturated rings. The van der Waals surface area contributed by atoms with Crippen molar-refractivity contribution in [1.82, 2.24) is 0 Å². The smallest absolute Gasteiger partial charge is 0.306 e. The number of carbonyl (C=O) groups is 2. The van der Waals surface area contributed by atoms with Crippen LogP contribution in [0.25, 0.3) is 0 Å². The van der Waals surface area contributed by atoms with Crippen molar-refractivity contribution in [3.8, 4) is 0 Å². The zero-order valence-corrected chi connectivity index (χ0v) is 31.6. The Morgan fingerprint density at radius 3 is 1.37 bits per heavy atom. The minimum Gasteiger partial charge on any atom is -0.462 e.